The average molecular weight is 257 g/mol. The fourth-order valence-electron chi connectivity index (χ4n) is 1.83. The van der Waals surface area contributed by atoms with E-state index in [-0.39, 0.29) is 5.78 Å². The van der Waals surface area contributed by atoms with Gasteiger partial charge in [-0.25, -0.2) is 0 Å². The van der Waals surface area contributed by atoms with Gasteiger partial charge in [0.1, 0.15) is 11.5 Å². The standard InChI is InChI=1S/C15H15NO3/c1-10(17)11-4-5-15(19-3)14(7-11)12-6-13(18-2)9-16-8-12/h4-9H,1-3H3. The van der Waals surface area contributed by atoms with Crippen molar-refractivity contribution in [2.24, 2.45) is 0 Å². The Balaban J connectivity index is 2.57. The minimum absolute atomic E-state index is 0.0137. The van der Waals surface area contributed by atoms with Crippen LogP contribution in [0.15, 0.2) is 36.7 Å². The van der Waals surface area contributed by atoms with Crippen LogP contribution < -0.4 is 9.47 Å². The maximum Gasteiger partial charge on any atom is 0.159 e. The first-order valence-corrected chi connectivity index (χ1v) is 5.84. The lowest BCUT2D eigenvalue weighted by molar-refractivity contribution is 0.101. The zero-order valence-electron chi connectivity index (χ0n) is 11.1. The van der Waals surface area contributed by atoms with Crippen molar-refractivity contribution in [3.05, 3.63) is 42.2 Å². The second-order valence-corrected chi connectivity index (χ2v) is 4.08. The molecule has 0 unspecified atom stereocenters. The van der Waals surface area contributed by atoms with Crippen LogP contribution in [0.5, 0.6) is 11.5 Å². The van der Waals surface area contributed by atoms with E-state index in [1.165, 1.54) is 6.92 Å². The Hall–Kier alpha value is -2.36. The number of methoxy groups -OCH3 is 2. The summed E-state index contributed by atoms with van der Waals surface area (Å²) in [6.45, 7) is 1.54. The van der Waals surface area contributed by atoms with Crippen molar-refractivity contribution >= 4 is 5.78 Å². The Kier molecular flexibility index (Phi) is 3.80. The minimum Gasteiger partial charge on any atom is -0.496 e. The van der Waals surface area contributed by atoms with Crippen LogP contribution >= 0.6 is 0 Å². The molecular formula is C15H15NO3. The Morgan fingerprint density at radius 2 is 1.89 bits per heavy atom. The number of aromatic nitrogens is 1. The number of ether oxygens (including phenoxy) is 2. The molecule has 0 aliphatic rings. The first kappa shape index (κ1) is 13.1. The highest BCUT2D eigenvalue weighted by atomic mass is 16.5. The maximum absolute atomic E-state index is 11.5. The predicted molar refractivity (Wildman–Crippen MR) is 72.8 cm³/mol. The average Bonchev–Trinajstić information content (AvgIpc) is 2.46. The quantitative estimate of drug-likeness (QED) is 0.790. The largest absolute Gasteiger partial charge is 0.496 e. The molecule has 0 fully saturated rings. The highest BCUT2D eigenvalue weighted by Gasteiger charge is 2.10. The molecule has 0 radical (unpaired) electrons. The smallest absolute Gasteiger partial charge is 0.159 e. The van der Waals surface area contributed by atoms with Gasteiger partial charge in [-0.1, -0.05) is 0 Å². The summed E-state index contributed by atoms with van der Waals surface area (Å²) < 4.78 is 10.5. The molecule has 4 heteroatoms. The zero-order valence-corrected chi connectivity index (χ0v) is 11.1. The third-order valence-electron chi connectivity index (χ3n) is 2.87. The van der Waals surface area contributed by atoms with Gasteiger partial charge in [0.05, 0.1) is 20.4 Å². The van der Waals surface area contributed by atoms with E-state index >= 15 is 0 Å². The molecule has 1 heterocycles. The summed E-state index contributed by atoms with van der Waals surface area (Å²) >= 11 is 0. The van der Waals surface area contributed by atoms with Crippen LogP contribution in [0.2, 0.25) is 0 Å². The van der Waals surface area contributed by atoms with Gasteiger partial charge in [0.15, 0.2) is 5.78 Å². The van der Waals surface area contributed by atoms with Crippen molar-refractivity contribution in [2.45, 2.75) is 6.92 Å². The molecule has 1 aromatic carbocycles. The van der Waals surface area contributed by atoms with Crippen LogP contribution in [0.3, 0.4) is 0 Å². The molecule has 0 N–H and O–H groups in total. The summed E-state index contributed by atoms with van der Waals surface area (Å²) in [5.41, 5.74) is 2.31. The van der Waals surface area contributed by atoms with Gasteiger partial charge in [-0.2, -0.15) is 0 Å². The molecule has 0 bridgehead atoms. The van der Waals surface area contributed by atoms with Gasteiger partial charge in [-0.15, -0.1) is 0 Å². The molecule has 0 aliphatic carbocycles. The van der Waals surface area contributed by atoms with E-state index < -0.39 is 0 Å². The number of carbonyl (C=O) groups is 1. The SMILES string of the molecule is COc1cncc(-c2cc(C(C)=O)ccc2OC)c1. The van der Waals surface area contributed by atoms with Gasteiger partial charge in [0, 0.05) is 22.9 Å². The molecular weight excluding hydrogens is 242 g/mol. The third kappa shape index (κ3) is 2.73. The lowest BCUT2D eigenvalue weighted by Gasteiger charge is -2.10. The fraction of sp³-hybridized carbons (Fsp3) is 0.200. The molecule has 19 heavy (non-hydrogen) atoms. The highest BCUT2D eigenvalue weighted by Crippen LogP contribution is 2.32. The Labute approximate surface area is 112 Å². The van der Waals surface area contributed by atoms with Crippen molar-refractivity contribution in [2.75, 3.05) is 14.2 Å². The van der Waals surface area contributed by atoms with Gasteiger partial charge in [0.25, 0.3) is 0 Å². The number of ketones is 1. The van der Waals surface area contributed by atoms with Crippen molar-refractivity contribution in [1.29, 1.82) is 0 Å². The molecule has 0 saturated carbocycles. The normalized spacial score (nSPS) is 10.1. The summed E-state index contributed by atoms with van der Waals surface area (Å²) in [4.78, 5) is 15.6. The highest BCUT2D eigenvalue weighted by molar-refractivity contribution is 5.96. The van der Waals surface area contributed by atoms with E-state index in [4.69, 9.17) is 9.47 Å². The maximum atomic E-state index is 11.5. The zero-order chi connectivity index (χ0) is 13.8. The van der Waals surface area contributed by atoms with Crippen LogP contribution in [0.1, 0.15) is 17.3 Å². The van der Waals surface area contributed by atoms with E-state index in [0.29, 0.717) is 17.1 Å². The molecule has 98 valence electrons. The predicted octanol–water partition coefficient (Wildman–Crippen LogP) is 2.97. The van der Waals surface area contributed by atoms with Gasteiger partial charge in [-0.3, -0.25) is 9.78 Å². The lowest BCUT2D eigenvalue weighted by Crippen LogP contribution is -1.96. The van der Waals surface area contributed by atoms with Crippen LogP contribution in [0.4, 0.5) is 0 Å². The topological polar surface area (TPSA) is 48.4 Å². The summed E-state index contributed by atoms with van der Waals surface area (Å²) in [5.74, 6) is 1.37. The number of Topliss-reactive ketones (excluding diaryl/α,β-unsaturated/α-hetero) is 1. The second kappa shape index (κ2) is 5.52. The Morgan fingerprint density at radius 3 is 2.53 bits per heavy atom. The number of hydrogen-bond donors (Lipinski definition) is 0. The Bertz CT molecular complexity index is 608. The van der Waals surface area contributed by atoms with E-state index in [9.17, 15) is 4.79 Å². The lowest BCUT2D eigenvalue weighted by atomic mass is 10.0. The minimum atomic E-state index is 0.0137. The van der Waals surface area contributed by atoms with E-state index in [2.05, 4.69) is 4.98 Å². The molecule has 0 amide bonds. The second-order valence-electron chi connectivity index (χ2n) is 4.08. The van der Waals surface area contributed by atoms with Gasteiger partial charge < -0.3 is 9.47 Å². The summed E-state index contributed by atoms with van der Waals surface area (Å²) in [6.07, 6.45) is 3.34. The number of nitrogens with zero attached hydrogens (tertiary/aromatic N) is 1. The number of carbonyl (C=O) groups excluding carboxylic acids is 1. The monoisotopic (exact) mass is 257 g/mol. The van der Waals surface area contributed by atoms with Crippen molar-refractivity contribution in [1.82, 2.24) is 4.98 Å². The third-order valence-corrected chi connectivity index (χ3v) is 2.87. The van der Waals surface area contributed by atoms with Crippen LogP contribution in [-0.2, 0) is 0 Å². The molecule has 0 spiro atoms. The van der Waals surface area contributed by atoms with E-state index in [1.54, 1.807) is 44.8 Å². The first-order chi connectivity index (χ1) is 9.15. The number of benzene rings is 1. The molecule has 1 aromatic heterocycles. The Morgan fingerprint density at radius 1 is 1.11 bits per heavy atom. The van der Waals surface area contributed by atoms with Gasteiger partial charge >= 0.3 is 0 Å². The summed E-state index contributed by atoms with van der Waals surface area (Å²) in [6, 6.07) is 7.19. The molecule has 2 rings (SSSR count). The molecule has 2 aromatic rings. The van der Waals surface area contributed by atoms with Crippen molar-refractivity contribution < 1.29 is 14.3 Å². The number of hydrogen-bond acceptors (Lipinski definition) is 4. The van der Waals surface area contributed by atoms with Gasteiger partial charge in [-0.05, 0) is 31.2 Å². The summed E-state index contributed by atoms with van der Waals surface area (Å²) in [7, 11) is 3.18. The van der Waals surface area contributed by atoms with Gasteiger partial charge in [0.2, 0.25) is 0 Å². The van der Waals surface area contributed by atoms with Crippen LogP contribution in [-0.4, -0.2) is 25.0 Å². The molecule has 0 atom stereocenters. The molecule has 0 aliphatic heterocycles. The van der Waals surface area contributed by atoms with Crippen LogP contribution in [0.25, 0.3) is 11.1 Å². The van der Waals surface area contributed by atoms with Crippen molar-refractivity contribution in [3.8, 4) is 22.6 Å². The summed E-state index contributed by atoms with van der Waals surface area (Å²) in [5, 5.41) is 0. The van der Waals surface area contributed by atoms with Crippen LogP contribution in [0, 0.1) is 0 Å². The first-order valence-electron chi connectivity index (χ1n) is 5.84. The van der Waals surface area contributed by atoms with E-state index in [0.717, 1.165) is 11.1 Å². The number of rotatable bonds is 4. The van der Waals surface area contributed by atoms with Crippen molar-refractivity contribution in [3.63, 3.8) is 0 Å². The molecule has 0 saturated heterocycles. The van der Waals surface area contributed by atoms with E-state index in [1.807, 2.05) is 6.07 Å². The number of pyridine rings is 1. The fourth-order valence-corrected chi connectivity index (χ4v) is 1.83. The molecule has 4 nitrogen and oxygen atoms in total.